The van der Waals surface area contributed by atoms with Crippen molar-refractivity contribution in [3.8, 4) is 0 Å². The zero-order chi connectivity index (χ0) is 13.8. The van der Waals surface area contributed by atoms with Gasteiger partial charge in [0.05, 0.1) is 0 Å². The molecule has 0 atom stereocenters. The molecule has 1 fully saturated rings. The van der Waals surface area contributed by atoms with E-state index in [0.717, 1.165) is 24.4 Å². The fourth-order valence-corrected chi connectivity index (χ4v) is 3.12. The molecule has 2 aromatic rings. The van der Waals surface area contributed by atoms with Crippen LogP contribution in [0.5, 0.6) is 0 Å². The molecule has 0 spiro atoms. The molecule has 0 bridgehead atoms. The van der Waals surface area contributed by atoms with Crippen molar-refractivity contribution in [1.82, 2.24) is 14.8 Å². The van der Waals surface area contributed by atoms with Gasteiger partial charge < -0.3 is 10.3 Å². The number of nitrogens with zero attached hydrogens (tertiary/aromatic N) is 3. The molecule has 20 heavy (non-hydrogen) atoms. The Morgan fingerprint density at radius 1 is 1.10 bits per heavy atom. The van der Waals surface area contributed by atoms with Gasteiger partial charge in [-0.3, -0.25) is 0 Å². The van der Waals surface area contributed by atoms with Crippen LogP contribution >= 0.6 is 0 Å². The van der Waals surface area contributed by atoms with Crippen molar-refractivity contribution in [2.24, 2.45) is 0 Å². The summed E-state index contributed by atoms with van der Waals surface area (Å²) in [5, 5.41) is 8.42. The normalized spacial score (nSPS) is 16.4. The molecule has 0 radical (unpaired) electrons. The number of nitrogens with two attached hydrogens (primary N) is 1. The summed E-state index contributed by atoms with van der Waals surface area (Å²) in [6.45, 7) is 0. The van der Waals surface area contributed by atoms with Gasteiger partial charge in [0.1, 0.15) is 12.2 Å². The molecule has 4 heteroatoms. The van der Waals surface area contributed by atoms with Crippen molar-refractivity contribution >= 4 is 5.69 Å². The third-order valence-electron chi connectivity index (χ3n) is 4.29. The highest BCUT2D eigenvalue weighted by Gasteiger charge is 2.18. The van der Waals surface area contributed by atoms with E-state index in [-0.39, 0.29) is 0 Å². The maximum atomic E-state index is 6.00. The summed E-state index contributed by atoms with van der Waals surface area (Å²) in [4.78, 5) is 0. The van der Waals surface area contributed by atoms with Gasteiger partial charge in [0.15, 0.2) is 0 Å². The van der Waals surface area contributed by atoms with E-state index in [1.165, 1.54) is 37.7 Å². The zero-order valence-electron chi connectivity index (χ0n) is 11.8. The maximum absolute atomic E-state index is 6.00. The largest absolute Gasteiger partial charge is 0.399 e. The second-order valence-electron chi connectivity index (χ2n) is 5.65. The molecule has 1 heterocycles. The quantitative estimate of drug-likeness (QED) is 0.868. The van der Waals surface area contributed by atoms with Crippen molar-refractivity contribution in [1.29, 1.82) is 0 Å². The third kappa shape index (κ3) is 2.84. The predicted octanol–water partition coefficient (Wildman–Crippen LogP) is 3.15. The highest BCUT2D eigenvalue weighted by molar-refractivity contribution is 5.46. The highest BCUT2D eigenvalue weighted by Crippen LogP contribution is 2.28. The van der Waals surface area contributed by atoms with Crippen LogP contribution in [-0.2, 0) is 12.8 Å². The van der Waals surface area contributed by atoms with Crippen LogP contribution in [0.15, 0.2) is 30.6 Å². The summed E-state index contributed by atoms with van der Waals surface area (Å²) in [6, 6.07) is 8.67. The molecule has 0 aliphatic heterocycles. The van der Waals surface area contributed by atoms with Gasteiger partial charge in [-0.1, -0.05) is 37.5 Å². The first kappa shape index (κ1) is 13.2. The van der Waals surface area contributed by atoms with Crippen LogP contribution in [0, 0.1) is 0 Å². The van der Waals surface area contributed by atoms with Gasteiger partial charge in [-0.2, -0.15) is 0 Å². The molecular formula is C16H22N4. The molecule has 3 rings (SSSR count). The van der Waals surface area contributed by atoms with E-state index < -0.39 is 0 Å². The minimum Gasteiger partial charge on any atom is -0.399 e. The number of anilines is 1. The van der Waals surface area contributed by atoms with Crippen molar-refractivity contribution in [2.75, 3.05) is 5.73 Å². The molecule has 4 nitrogen and oxygen atoms in total. The smallest absolute Gasteiger partial charge is 0.133 e. The van der Waals surface area contributed by atoms with Crippen molar-refractivity contribution < 1.29 is 0 Å². The van der Waals surface area contributed by atoms with Gasteiger partial charge in [-0.05, 0) is 30.9 Å². The minimum atomic E-state index is 0.599. The van der Waals surface area contributed by atoms with E-state index in [9.17, 15) is 0 Å². The molecule has 1 aliphatic carbocycles. The lowest BCUT2D eigenvalue weighted by Crippen LogP contribution is -2.15. The van der Waals surface area contributed by atoms with Gasteiger partial charge >= 0.3 is 0 Å². The van der Waals surface area contributed by atoms with E-state index in [1.54, 1.807) is 0 Å². The second-order valence-corrected chi connectivity index (χ2v) is 5.65. The Labute approximate surface area is 120 Å². The van der Waals surface area contributed by atoms with Crippen molar-refractivity contribution in [3.63, 3.8) is 0 Å². The molecule has 0 saturated heterocycles. The molecule has 0 unspecified atom stereocenters. The van der Waals surface area contributed by atoms with Crippen LogP contribution < -0.4 is 5.73 Å². The summed E-state index contributed by atoms with van der Waals surface area (Å²) in [5.41, 5.74) is 8.07. The summed E-state index contributed by atoms with van der Waals surface area (Å²) < 4.78 is 2.29. The number of benzene rings is 1. The van der Waals surface area contributed by atoms with Crippen molar-refractivity contribution in [2.45, 2.75) is 51.0 Å². The SMILES string of the molecule is Nc1ccccc1CCc1nncn1C1CCCCC1. The fourth-order valence-electron chi connectivity index (χ4n) is 3.12. The fraction of sp³-hybridized carbons (Fsp3) is 0.500. The first-order chi connectivity index (χ1) is 9.84. The third-order valence-corrected chi connectivity index (χ3v) is 4.29. The summed E-state index contributed by atoms with van der Waals surface area (Å²) in [6.07, 6.45) is 10.3. The molecule has 1 aliphatic rings. The number of hydrogen-bond donors (Lipinski definition) is 1. The van der Waals surface area contributed by atoms with Gasteiger partial charge in [0.25, 0.3) is 0 Å². The topological polar surface area (TPSA) is 56.7 Å². The van der Waals surface area contributed by atoms with E-state index in [0.29, 0.717) is 6.04 Å². The monoisotopic (exact) mass is 270 g/mol. The number of aromatic nitrogens is 3. The molecule has 1 aromatic carbocycles. The van der Waals surface area contributed by atoms with Crippen LogP contribution in [0.4, 0.5) is 5.69 Å². The van der Waals surface area contributed by atoms with E-state index in [1.807, 2.05) is 24.5 Å². The Morgan fingerprint density at radius 3 is 2.70 bits per heavy atom. The average Bonchev–Trinajstić information content (AvgIpc) is 2.96. The highest BCUT2D eigenvalue weighted by atomic mass is 15.3. The standard InChI is InChI=1S/C16H22N4/c17-15-9-5-4-6-13(15)10-11-16-19-18-12-20(16)14-7-2-1-3-8-14/h4-6,9,12,14H,1-3,7-8,10-11,17H2. The number of hydrogen-bond acceptors (Lipinski definition) is 3. The number of rotatable bonds is 4. The lowest BCUT2D eigenvalue weighted by atomic mass is 9.95. The molecular weight excluding hydrogens is 248 g/mol. The van der Waals surface area contributed by atoms with E-state index in [2.05, 4.69) is 20.8 Å². The van der Waals surface area contributed by atoms with Crippen molar-refractivity contribution in [3.05, 3.63) is 42.0 Å². The first-order valence-corrected chi connectivity index (χ1v) is 7.56. The lowest BCUT2D eigenvalue weighted by molar-refractivity contribution is 0.345. The van der Waals surface area contributed by atoms with Gasteiger partial charge in [0, 0.05) is 18.2 Å². The molecule has 1 saturated carbocycles. The minimum absolute atomic E-state index is 0.599. The second kappa shape index (κ2) is 6.07. The van der Waals surface area contributed by atoms with Gasteiger partial charge in [-0.15, -0.1) is 10.2 Å². The number of nitrogen functional groups attached to an aromatic ring is 1. The summed E-state index contributed by atoms with van der Waals surface area (Å²) in [5.74, 6) is 1.10. The molecule has 2 N–H and O–H groups in total. The summed E-state index contributed by atoms with van der Waals surface area (Å²) >= 11 is 0. The lowest BCUT2D eigenvalue weighted by Gasteiger charge is -2.24. The van der Waals surface area contributed by atoms with E-state index in [4.69, 9.17) is 5.73 Å². The molecule has 1 aromatic heterocycles. The maximum Gasteiger partial charge on any atom is 0.133 e. The van der Waals surface area contributed by atoms with E-state index >= 15 is 0 Å². The first-order valence-electron chi connectivity index (χ1n) is 7.56. The Bertz CT molecular complexity index is 555. The van der Waals surface area contributed by atoms with Gasteiger partial charge in [0.2, 0.25) is 0 Å². The Balaban J connectivity index is 1.69. The van der Waals surface area contributed by atoms with Crippen LogP contribution in [0.25, 0.3) is 0 Å². The summed E-state index contributed by atoms with van der Waals surface area (Å²) in [7, 11) is 0. The van der Waals surface area contributed by atoms with Crippen LogP contribution in [-0.4, -0.2) is 14.8 Å². The Hall–Kier alpha value is -1.84. The predicted molar refractivity (Wildman–Crippen MR) is 80.4 cm³/mol. The number of para-hydroxylation sites is 1. The Morgan fingerprint density at radius 2 is 1.90 bits per heavy atom. The number of aryl methyl sites for hydroxylation is 2. The molecule has 0 amide bonds. The van der Waals surface area contributed by atoms with Crippen LogP contribution in [0.2, 0.25) is 0 Å². The molecule has 106 valence electrons. The van der Waals surface area contributed by atoms with Crippen LogP contribution in [0.1, 0.15) is 49.5 Å². The van der Waals surface area contributed by atoms with Gasteiger partial charge in [-0.25, -0.2) is 0 Å². The van der Waals surface area contributed by atoms with Crippen LogP contribution in [0.3, 0.4) is 0 Å². The Kier molecular flexibility index (Phi) is 4.00. The zero-order valence-corrected chi connectivity index (χ0v) is 11.8. The average molecular weight is 270 g/mol.